The van der Waals surface area contributed by atoms with Gasteiger partial charge in [0.05, 0.1) is 4.90 Å². The maximum absolute atomic E-state index is 12.9. The zero-order valence-electron chi connectivity index (χ0n) is 18.0. The molecule has 8 nitrogen and oxygen atoms in total. The van der Waals surface area contributed by atoms with Gasteiger partial charge < -0.3 is 15.2 Å². The number of carbonyl (C=O) groups excluding carboxylic acids is 2. The number of hydrogen-bond acceptors (Lipinski definition) is 6. The van der Waals surface area contributed by atoms with Crippen LogP contribution in [0, 0.1) is 0 Å². The van der Waals surface area contributed by atoms with Crippen LogP contribution < -0.4 is 10.6 Å². The van der Waals surface area contributed by atoms with Crippen LogP contribution in [0.2, 0.25) is 5.02 Å². The Morgan fingerprint density at radius 2 is 1.70 bits per heavy atom. The number of nitrogens with zero attached hydrogens (tertiary/aromatic N) is 1. The second kappa shape index (κ2) is 11.1. The Kier molecular flexibility index (Phi) is 8.24. The summed E-state index contributed by atoms with van der Waals surface area (Å²) < 4.78 is 30.9. The Labute approximate surface area is 197 Å². The van der Waals surface area contributed by atoms with E-state index in [-0.39, 0.29) is 28.5 Å². The molecule has 0 spiro atoms. The van der Waals surface area contributed by atoms with Gasteiger partial charge in [-0.2, -0.15) is 0 Å². The van der Waals surface area contributed by atoms with E-state index in [1.165, 1.54) is 24.3 Å². The third-order valence-electron chi connectivity index (χ3n) is 4.81. The summed E-state index contributed by atoms with van der Waals surface area (Å²) in [6.07, 6.45) is 1.58. The van der Waals surface area contributed by atoms with Gasteiger partial charge in [-0.15, -0.1) is 0 Å². The largest absolute Gasteiger partial charge is 0.352 e. The van der Waals surface area contributed by atoms with Crippen LogP contribution in [-0.4, -0.2) is 31.9 Å². The van der Waals surface area contributed by atoms with Crippen LogP contribution >= 0.6 is 11.6 Å². The molecule has 0 bridgehead atoms. The molecule has 0 aliphatic rings. The van der Waals surface area contributed by atoms with Gasteiger partial charge in [-0.25, -0.2) is 8.42 Å². The first kappa shape index (κ1) is 24.5. The van der Waals surface area contributed by atoms with Gasteiger partial charge in [0.15, 0.2) is 9.84 Å². The van der Waals surface area contributed by atoms with Gasteiger partial charge in [-0.1, -0.05) is 60.4 Å². The number of benzene rings is 2. The van der Waals surface area contributed by atoms with E-state index in [4.69, 9.17) is 16.1 Å². The lowest BCUT2D eigenvalue weighted by molar-refractivity contribution is 0.0890. The summed E-state index contributed by atoms with van der Waals surface area (Å²) in [5, 5.41) is 9.53. The van der Waals surface area contributed by atoms with E-state index in [1.54, 1.807) is 0 Å². The molecule has 3 rings (SSSR count). The molecule has 2 amide bonds. The van der Waals surface area contributed by atoms with Gasteiger partial charge in [0.2, 0.25) is 5.76 Å². The molecule has 1 aromatic heterocycles. The molecule has 174 valence electrons. The smallest absolute Gasteiger partial charge is 0.291 e. The van der Waals surface area contributed by atoms with Gasteiger partial charge in [0.1, 0.15) is 17.0 Å². The number of nitrogens with one attached hydrogen (secondary N) is 2. The van der Waals surface area contributed by atoms with Crippen LogP contribution in [0.3, 0.4) is 0 Å². The summed E-state index contributed by atoms with van der Waals surface area (Å²) in [6.45, 7) is 2.54. The quantitative estimate of drug-likeness (QED) is 0.418. The monoisotopic (exact) mass is 489 g/mol. The third-order valence-corrected chi connectivity index (χ3v) is 6.70. The first-order chi connectivity index (χ1) is 15.8. The minimum Gasteiger partial charge on any atom is -0.352 e. The molecule has 0 aliphatic heterocycles. The fraction of sp³-hybridized carbons (Fsp3) is 0.261. The Bertz CT molecular complexity index is 1210. The molecule has 0 saturated heterocycles. The van der Waals surface area contributed by atoms with Crippen molar-refractivity contribution in [2.45, 2.75) is 37.0 Å². The molecule has 0 radical (unpaired) electrons. The van der Waals surface area contributed by atoms with Crippen LogP contribution in [0.4, 0.5) is 0 Å². The molecule has 0 unspecified atom stereocenters. The topological polar surface area (TPSA) is 118 Å². The van der Waals surface area contributed by atoms with E-state index in [2.05, 4.69) is 15.8 Å². The van der Waals surface area contributed by atoms with Crippen LogP contribution in [0.1, 0.15) is 51.9 Å². The standard InChI is InChI=1S/C23H24ClN3O5S/c1-2-3-13-25-22(28)20-19(15-33(30,31)18-11-9-17(24)10-12-18)27-32-21(20)23(29)26-14-16-7-5-4-6-8-16/h4-12H,2-3,13-15H2,1H3,(H,25,28)(H,26,29). The molecule has 2 aromatic carbocycles. The lowest BCUT2D eigenvalue weighted by Gasteiger charge is -2.08. The fourth-order valence-electron chi connectivity index (χ4n) is 3.04. The second-order valence-corrected chi connectivity index (χ2v) is 9.75. The van der Waals surface area contributed by atoms with Crippen molar-refractivity contribution in [1.82, 2.24) is 15.8 Å². The van der Waals surface area contributed by atoms with Gasteiger partial charge in [0.25, 0.3) is 11.8 Å². The average molecular weight is 490 g/mol. The third kappa shape index (κ3) is 6.43. The molecule has 2 N–H and O–H groups in total. The average Bonchev–Trinajstić information content (AvgIpc) is 3.21. The predicted octanol–water partition coefficient (Wildman–Crippen LogP) is 3.76. The van der Waals surface area contributed by atoms with E-state index in [9.17, 15) is 18.0 Å². The molecule has 1 heterocycles. The molecule has 0 saturated carbocycles. The fourth-order valence-corrected chi connectivity index (χ4v) is 4.44. The Morgan fingerprint density at radius 3 is 2.36 bits per heavy atom. The Morgan fingerprint density at radius 1 is 1.00 bits per heavy atom. The van der Waals surface area contributed by atoms with Crippen LogP contribution in [-0.2, 0) is 22.1 Å². The minimum atomic E-state index is -3.87. The Hall–Kier alpha value is -3.17. The van der Waals surface area contributed by atoms with Gasteiger partial charge in [-0.3, -0.25) is 9.59 Å². The first-order valence-electron chi connectivity index (χ1n) is 10.4. The maximum atomic E-state index is 12.9. The van der Waals surface area contributed by atoms with Gasteiger partial charge in [-0.05, 0) is 36.2 Å². The number of sulfone groups is 1. The molecule has 0 fully saturated rings. The summed E-state index contributed by atoms with van der Waals surface area (Å²) in [5.41, 5.74) is 0.530. The SMILES string of the molecule is CCCCNC(=O)c1c(CS(=O)(=O)c2ccc(Cl)cc2)noc1C(=O)NCc1ccccc1. The number of unbranched alkanes of at least 4 members (excludes halogenated alkanes) is 1. The number of aromatic nitrogens is 1. The van der Waals surface area contributed by atoms with Crippen molar-refractivity contribution in [3.05, 3.63) is 82.2 Å². The second-order valence-electron chi connectivity index (χ2n) is 7.32. The van der Waals surface area contributed by atoms with Crippen molar-refractivity contribution in [2.75, 3.05) is 6.54 Å². The number of rotatable bonds is 10. The molecule has 0 aliphatic carbocycles. The highest BCUT2D eigenvalue weighted by Gasteiger charge is 2.30. The van der Waals surface area contributed by atoms with Gasteiger partial charge >= 0.3 is 0 Å². The summed E-state index contributed by atoms with van der Waals surface area (Å²) in [6, 6.07) is 14.8. The summed E-state index contributed by atoms with van der Waals surface area (Å²) in [7, 11) is -3.87. The minimum absolute atomic E-state index is 0.0160. The van der Waals surface area contributed by atoms with Crippen molar-refractivity contribution >= 4 is 33.3 Å². The highest BCUT2D eigenvalue weighted by atomic mass is 35.5. The highest BCUT2D eigenvalue weighted by molar-refractivity contribution is 7.90. The molecule has 10 heteroatoms. The van der Waals surface area contributed by atoms with E-state index < -0.39 is 27.4 Å². The highest BCUT2D eigenvalue weighted by Crippen LogP contribution is 2.22. The Balaban J connectivity index is 1.88. The zero-order chi connectivity index (χ0) is 23.8. The summed E-state index contributed by atoms with van der Waals surface area (Å²) in [4.78, 5) is 25.7. The van der Waals surface area contributed by atoms with Crippen LogP contribution in [0.15, 0.2) is 64.0 Å². The normalized spacial score (nSPS) is 11.2. The predicted molar refractivity (Wildman–Crippen MR) is 124 cm³/mol. The molecule has 3 aromatic rings. The summed E-state index contributed by atoms with van der Waals surface area (Å²) >= 11 is 5.84. The molecule has 33 heavy (non-hydrogen) atoms. The van der Waals surface area contributed by atoms with Crippen molar-refractivity contribution in [2.24, 2.45) is 0 Å². The number of hydrogen-bond donors (Lipinski definition) is 2. The lowest BCUT2D eigenvalue weighted by Crippen LogP contribution is -2.30. The number of carbonyl (C=O) groups is 2. The van der Waals surface area contributed by atoms with E-state index >= 15 is 0 Å². The first-order valence-corrected chi connectivity index (χ1v) is 12.4. The molecular weight excluding hydrogens is 466 g/mol. The van der Waals surface area contributed by atoms with Crippen molar-refractivity contribution in [1.29, 1.82) is 0 Å². The lowest BCUT2D eigenvalue weighted by atomic mass is 10.1. The van der Waals surface area contributed by atoms with Crippen molar-refractivity contribution in [3.8, 4) is 0 Å². The van der Waals surface area contributed by atoms with E-state index in [1.807, 2.05) is 37.3 Å². The molecule has 0 atom stereocenters. The van der Waals surface area contributed by atoms with Crippen LogP contribution in [0.25, 0.3) is 0 Å². The molecular formula is C23H24ClN3O5S. The zero-order valence-corrected chi connectivity index (χ0v) is 19.6. The number of halogens is 1. The van der Waals surface area contributed by atoms with Crippen molar-refractivity contribution in [3.63, 3.8) is 0 Å². The van der Waals surface area contributed by atoms with Crippen molar-refractivity contribution < 1.29 is 22.5 Å². The van der Waals surface area contributed by atoms with Gasteiger partial charge in [0, 0.05) is 18.1 Å². The maximum Gasteiger partial charge on any atom is 0.291 e. The van der Waals surface area contributed by atoms with Crippen LogP contribution in [0.5, 0.6) is 0 Å². The van der Waals surface area contributed by atoms with E-state index in [0.717, 1.165) is 18.4 Å². The summed E-state index contributed by atoms with van der Waals surface area (Å²) in [5.74, 6) is -2.22. The van der Waals surface area contributed by atoms with E-state index in [0.29, 0.717) is 11.6 Å². The number of amides is 2.